The first-order valence-corrected chi connectivity index (χ1v) is 7.40. The Morgan fingerprint density at radius 1 is 1.25 bits per heavy atom. The van der Waals surface area contributed by atoms with Gasteiger partial charge in [0.1, 0.15) is 5.82 Å². The van der Waals surface area contributed by atoms with Gasteiger partial charge < -0.3 is 10.6 Å². The zero-order valence-electron chi connectivity index (χ0n) is 12.9. The molecule has 0 saturated carbocycles. The molecule has 0 amide bonds. The van der Waals surface area contributed by atoms with E-state index in [9.17, 15) is 0 Å². The highest BCUT2D eigenvalue weighted by atomic mass is 15.2. The van der Waals surface area contributed by atoms with E-state index in [1.165, 1.54) is 10.9 Å². The van der Waals surface area contributed by atoms with Crippen LogP contribution in [0.4, 0.5) is 5.82 Å². The van der Waals surface area contributed by atoms with Crippen molar-refractivity contribution in [1.82, 2.24) is 4.98 Å². The van der Waals surface area contributed by atoms with Crippen molar-refractivity contribution in [2.75, 3.05) is 11.9 Å². The minimum absolute atomic E-state index is 0.141. The van der Waals surface area contributed by atoms with Gasteiger partial charge in [0.15, 0.2) is 0 Å². The SMILES string of the molecule is CCC(C)N(C)c1nc2ccccc2cc1CC(C)N. The molecule has 2 N–H and O–H groups in total. The second kappa shape index (κ2) is 6.23. The van der Waals surface area contributed by atoms with E-state index in [0.29, 0.717) is 6.04 Å². The van der Waals surface area contributed by atoms with Crippen molar-refractivity contribution in [3.8, 4) is 0 Å². The Kier molecular flexibility index (Phi) is 4.61. The number of pyridine rings is 1. The van der Waals surface area contributed by atoms with Crippen molar-refractivity contribution in [3.63, 3.8) is 0 Å². The van der Waals surface area contributed by atoms with Gasteiger partial charge in [-0.05, 0) is 44.4 Å². The summed E-state index contributed by atoms with van der Waals surface area (Å²) in [5.41, 5.74) is 8.28. The highest BCUT2D eigenvalue weighted by Gasteiger charge is 2.16. The topological polar surface area (TPSA) is 42.2 Å². The van der Waals surface area contributed by atoms with E-state index < -0.39 is 0 Å². The molecule has 0 spiro atoms. The van der Waals surface area contributed by atoms with E-state index in [-0.39, 0.29) is 6.04 Å². The molecule has 3 nitrogen and oxygen atoms in total. The minimum Gasteiger partial charge on any atom is -0.357 e. The average molecular weight is 271 g/mol. The predicted octanol–water partition coefficient (Wildman–Crippen LogP) is 3.36. The Morgan fingerprint density at radius 3 is 2.60 bits per heavy atom. The zero-order chi connectivity index (χ0) is 14.7. The van der Waals surface area contributed by atoms with E-state index in [2.05, 4.69) is 50.1 Å². The standard InChI is InChI=1S/C17H25N3/c1-5-13(3)20(4)17-15(10-12(2)18)11-14-8-6-7-9-16(14)19-17/h6-9,11-13H,5,10,18H2,1-4H3. The number of rotatable bonds is 5. The predicted molar refractivity (Wildman–Crippen MR) is 87.3 cm³/mol. The Balaban J connectivity index is 2.53. The summed E-state index contributed by atoms with van der Waals surface area (Å²) in [5, 5.41) is 1.18. The summed E-state index contributed by atoms with van der Waals surface area (Å²) in [4.78, 5) is 7.14. The third-order valence-electron chi connectivity index (χ3n) is 3.91. The number of hydrogen-bond acceptors (Lipinski definition) is 3. The summed E-state index contributed by atoms with van der Waals surface area (Å²) in [5.74, 6) is 1.07. The third-order valence-corrected chi connectivity index (χ3v) is 3.91. The molecule has 2 rings (SSSR count). The van der Waals surface area contributed by atoms with Crippen molar-refractivity contribution in [2.24, 2.45) is 5.73 Å². The Bertz CT molecular complexity index is 577. The molecule has 1 aromatic heterocycles. The van der Waals surface area contributed by atoms with Gasteiger partial charge in [-0.25, -0.2) is 4.98 Å². The van der Waals surface area contributed by atoms with Crippen molar-refractivity contribution >= 4 is 16.7 Å². The number of aromatic nitrogens is 1. The van der Waals surface area contributed by atoms with Gasteiger partial charge >= 0.3 is 0 Å². The van der Waals surface area contributed by atoms with Gasteiger partial charge in [0.25, 0.3) is 0 Å². The molecule has 1 heterocycles. The fourth-order valence-corrected chi connectivity index (χ4v) is 2.43. The number of hydrogen-bond donors (Lipinski definition) is 1. The number of para-hydroxylation sites is 1. The summed E-state index contributed by atoms with van der Waals surface area (Å²) in [6.07, 6.45) is 1.95. The van der Waals surface area contributed by atoms with Crippen LogP contribution in [0.25, 0.3) is 10.9 Å². The van der Waals surface area contributed by atoms with E-state index in [1.807, 2.05) is 13.0 Å². The second-order valence-electron chi connectivity index (χ2n) is 5.71. The van der Waals surface area contributed by atoms with Crippen LogP contribution in [0.3, 0.4) is 0 Å². The van der Waals surface area contributed by atoms with Crippen LogP contribution in [0.1, 0.15) is 32.8 Å². The smallest absolute Gasteiger partial charge is 0.132 e. The molecular weight excluding hydrogens is 246 g/mol. The molecule has 2 atom stereocenters. The molecule has 1 aromatic carbocycles. The van der Waals surface area contributed by atoms with Gasteiger partial charge in [0, 0.05) is 24.5 Å². The Morgan fingerprint density at radius 2 is 1.95 bits per heavy atom. The van der Waals surface area contributed by atoms with E-state index in [4.69, 9.17) is 10.7 Å². The normalized spacial score (nSPS) is 14.2. The molecule has 0 fully saturated rings. The van der Waals surface area contributed by atoms with Crippen molar-refractivity contribution in [1.29, 1.82) is 0 Å². The Hall–Kier alpha value is -1.61. The average Bonchev–Trinajstić information content (AvgIpc) is 2.44. The van der Waals surface area contributed by atoms with Crippen molar-refractivity contribution < 1.29 is 0 Å². The molecule has 20 heavy (non-hydrogen) atoms. The maximum Gasteiger partial charge on any atom is 0.132 e. The van der Waals surface area contributed by atoms with Gasteiger partial charge in [0.05, 0.1) is 5.52 Å². The molecule has 0 aliphatic carbocycles. The molecule has 3 heteroatoms. The minimum atomic E-state index is 0.141. The van der Waals surface area contributed by atoms with Crippen LogP contribution in [0.2, 0.25) is 0 Å². The van der Waals surface area contributed by atoms with E-state index >= 15 is 0 Å². The maximum atomic E-state index is 6.00. The summed E-state index contributed by atoms with van der Waals surface area (Å²) in [6, 6.07) is 11.1. The Labute approximate surface area is 121 Å². The van der Waals surface area contributed by atoms with Gasteiger partial charge in [0.2, 0.25) is 0 Å². The number of anilines is 1. The van der Waals surface area contributed by atoms with Gasteiger partial charge in [-0.2, -0.15) is 0 Å². The highest BCUT2D eigenvalue weighted by Crippen LogP contribution is 2.25. The lowest BCUT2D eigenvalue weighted by atomic mass is 10.0. The number of benzene rings is 1. The highest BCUT2D eigenvalue weighted by molar-refractivity contribution is 5.81. The maximum absolute atomic E-state index is 6.00. The van der Waals surface area contributed by atoms with Gasteiger partial charge in [-0.1, -0.05) is 25.1 Å². The lowest BCUT2D eigenvalue weighted by Crippen LogP contribution is -2.30. The third kappa shape index (κ3) is 3.10. The first-order chi connectivity index (χ1) is 9.52. The molecular formula is C17H25N3. The van der Waals surface area contributed by atoms with Crippen LogP contribution in [0.5, 0.6) is 0 Å². The summed E-state index contributed by atoms with van der Waals surface area (Å²) in [7, 11) is 2.12. The summed E-state index contributed by atoms with van der Waals surface area (Å²) >= 11 is 0. The molecule has 2 aromatic rings. The lowest BCUT2D eigenvalue weighted by Gasteiger charge is -2.28. The van der Waals surface area contributed by atoms with Crippen molar-refractivity contribution in [2.45, 2.75) is 45.7 Å². The van der Waals surface area contributed by atoms with Crippen LogP contribution in [-0.2, 0) is 6.42 Å². The molecule has 0 aliphatic heterocycles. The molecule has 0 saturated heterocycles. The first kappa shape index (κ1) is 14.8. The van der Waals surface area contributed by atoms with Gasteiger partial charge in [-0.15, -0.1) is 0 Å². The van der Waals surface area contributed by atoms with Crippen molar-refractivity contribution in [3.05, 3.63) is 35.9 Å². The van der Waals surface area contributed by atoms with Crippen LogP contribution in [0, 0.1) is 0 Å². The van der Waals surface area contributed by atoms with Gasteiger partial charge in [-0.3, -0.25) is 0 Å². The van der Waals surface area contributed by atoms with Crippen LogP contribution in [0.15, 0.2) is 30.3 Å². The fraction of sp³-hybridized carbons (Fsp3) is 0.471. The molecule has 0 radical (unpaired) electrons. The largest absolute Gasteiger partial charge is 0.357 e. The molecule has 0 aliphatic rings. The quantitative estimate of drug-likeness (QED) is 0.906. The van der Waals surface area contributed by atoms with Crippen LogP contribution >= 0.6 is 0 Å². The first-order valence-electron chi connectivity index (χ1n) is 7.40. The molecule has 0 bridgehead atoms. The number of nitrogens with two attached hydrogens (primary N) is 1. The second-order valence-corrected chi connectivity index (χ2v) is 5.71. The van der Waals surface area contributed by atoms with E-state index in [0.717, 1.165) is 24.2 Å². The van der Waals surface area contributed by atoms with E-state index in [1.54, 1.807) is 0 Å². The monoisotopic (exact) mass is 271 g/mol. The van der Waals surface area contributed by atoms with Crippen LogP contribution in [-0.4, -0.2) is 24.1 Å². The number of nitrogens with zero attached hydrogens (tertiary/aromatic N) is 2. The molecule has 2 unspecified atom stereocenters. The molecule has 108 valence electrons. The summed E-state index contributed by atoms with van der Waals surface area (Å²) in [6.45, 7) is 6.47. The van der Waals surface area contributed by atoms with Crippen LogP contribution < -0.4 is 10.6 Å². The number of fused-ring (bicyclic) bond motifs is 1. The fourth-order valence-electron chi connectivity index (χ4n) is 2.43. The summed E-state index contributed by atoms with van der Waals surface area (Å²) < 4.78 is 0. The zero-order valence-corrected chi connectivity index (χ0v) is 12.9. The lowest BCUT2D eigenvalue weighted by molar-refractivity contribution is 0.649.